The maximum atomic E-state index is 12.4. The fourth-order valence-electron chi connectivity index (χ4n) is 3.92. The van der Waals surface area contributed by atoms with Crippen LogP contribution in [0.3, 0.4) is 0 Å². The van der Waals surface area contributed by atoms with Crippen molar-refractivity contribution >= 4 is 11.8 Å². The smallest absolute Gasteiger partial charge is 0.234 e. The molecular formula is C18H33N3O3. The Labute approximate surface area is 145 Å². The first-order valence-electron chi connectivity index (χ1n) is 9.42. The minimum atomic E-state index is -0.418. The van der Waals surface area contributed by atoms with Crippen LogP contribution in [-0.2, 0) is 9.59 Å². The molecule has 0 aromatic rings. The molecule has 0 bridgehead atoms. The molecule has 2 amide bonds. The van der Waals surface area contributed by atoms with Crippen LogP contribution in [0.5, 0.6) is 0 Å². The van der Waals surface area contributed by atoms with E-state index in [1.165, 1.54) is 19.3 Å². The Balaban J connectivity index is 1.80. The highest BCUT2D eigenvalue weighted by Gasteiger charge is 2.26. The van der Waals surface area contributed by atoms with Gasteiger partial charge in [-0.1, -0.05) is 19.3 Å². The zero-order valence-electron chi connectivity index (χ0n) is 15.2. The highest BCUT2D eigenvalue weighted by atomic mass is 16.3. The lowest BCUT2D eigenvalue weighted by Gasteiger charge is -2.36. The van der Waals surface area contributed by atoms with Crippen molar-refractivity contribution in [3.05, 3.63) is 0 Å². The first-order valence-corrected chi connectivity index (χ1v) is 9.42. The van der Waals surface area contributed by atoms with Gasteiger partial charge in [-0.05, 0) is 32.6 Å². The second-order valence-corrected chi connectivity index (χ2v) is 7.42. The third-order valence-corrected chi connectivity index (χ3v) is 5.24. The van der Waals surface area contributed by atoms with Crippen molar-refractivity contribution in [3.8, 4) is 0 Å². The third kappa shape index (κ3) is 6.06. The largest absolute Gasteiger partial charge is 0.392 e. The fourth-order valence-corrected chi connectivity index (χ4v) is 3.92. The Hall–Kier alpha value is -1.14. The molecule has 24 heavy (non-hydrogen) atoms. The number of hydrogen-bond acceptors (Lipinski definition) is 4. The van der Waals surface area contributed by atoms with E-state index >= 15 is 0 Å². The van der Waals surface area contributed by atoms with Crippen LogP contribution in [0, 0.1) is 0 Å². The van der Waals surface area contributed by atoms with Gasteiger partial charge in [0, 0.05) is 38.6 Å². The second kappa shape index (κ2) is 9.37. The molecule has 0 spiro atoms. The number of aliphatic hydroxyl groups is 1. The summed E-state index contributed by atoms with van der Waals surface area (Å²) in [6.07, 6.45) is 7.18. The summed E-state index contributed by atoms with van der Waals surface area (Å²) in [7, 11) is 0. The summed E-state index contributed by atoms with van der Waals surface area (Å²) in [5.41, 5.74) is 0. The summed E-state index contributed by atoms with van der Waals surface area (Å²) >= 11 is 0. The Morgan fingerprint density at radius 1 is 1.17 bits per heavy atom. The number of amides is 2. The van der Waals surface area contributed by atoms with E-state index in [1.54, 1.807) is 13.8 Å². The number of nitrogens with zero attached hydrogens (tertiary/aromatic N) is 2. The zero-order chi connectivity index (χ0) is 17.5. The lowest BCUT2D eigenvalue weighted by atomic mass is 9.94. The summed E-state index contributed by atoms with van der Waals surface area (Å²) < 4.78 is 0. The average Bonchev–Trinajstić information content (AvgIpc) is 2.55. The van der Waals surface area contributed by atoms with E-state index in [2.05, 4.69) is 10.2 Å². The molecule has 1 saturated carbocycles. The number of rotatable bonds is 6. The van der Waals surface area contributed by atoms with Crippen LogP contribution >= 0.6 is 0 Å². The Kier molecular flexibility index (Phi) is 7.49. The monoisotopic (exact) mass is 339 g/mol. The molecule has 0 aromatic heterocycles. The van der Waals surface area contributed by atoms with Gasteiger partial charge in [-0.25, -0.2) is 0 Å². The van der Waals surface area contributed by atoms with Crippen LogP contribution in [0.4, 0.5) is 0 Å². The number of nitrogens with one attached hydrogen (secondary N) is 1. The van der Waals surface area contributed by atoms with Gasteiger partial charge in [0.2, 0.25) is 11.8 Å². The molecule has 2 rings (SSSR count). The molecular weight excluding hydrogens is 306 g/mol. The summed E-state index contributed by atoms with van der Waals surface area (Å²) in [4.78, 5) is 27.8. The van der Waals surface area contributed by atoms with Crippen molar-refractivity contribution in [1.29, 1.82) is 0 Å². The molecule has 6 heteroatoms. The molecule has 138 valence electrons. The topological polar surface area (TPSA) is 72.9 Å². The fraction of sp³-hybridized carbons (Fsp3) is 0.889. The summed E-state index contributed by atoms with van der Waals surface area (Å²) in [5, 5.41) is 12.9. The summed E-state index contributed by atoms with van der Waals surface area (Å²) in [6.45, 7) is 5.74. The molecule has 1 saturated heterocycles. The number of carbonyl (C=O) groups is 2. The number of carbonyl (C=O) groups excluding carboxylic acids is 2. The van der Waals surface area contributed by atoms with Crippen molar-refractivity contribution in [2.24, 2.45) is 0 Å². The van der Waals surface area contributed by atoms with Crippen LogP contribution in [0.1, 0.15) is 58.8 Å². The van der Waals surface area contributed by atoms with Gasteiger partial charge in [0.15, 0.2) is 0 Å². The summed E-state index contributed by atoms with van der Waals surface area (Å²) in [5.74, 6) is 0.155. The first-order chi connectivity index (χ1) is 11.5. The van der Waals surface area contributed by atoms with Gasteiger partial charge in [-0.2, -0.15) is 0 Å². The van der Waals surface area contributed by atoms with E-state index in [0.717, 1.165) is 38.8 Å². The molecule has 2 fully saturated rings. The standard InChI is InChI=1S/C18H33N3O3/c1-14(22)12-21(17-6-4-3-5-7-17)13-18(24)19-16-8-10-20(11-9-16)15(2)23/h14,16-17,22H,3-13H2,1-2H3,(H,19,24)/t14-/m0/s1. The Morgan fingerprint density at radius 2 is 1.79 bits per heavy atom. The van der Waals surface area contributed by atoms with E-state index in [9.17, 15) is 14.7 Å². The number of likely N-dealkylation sites (tertiary alicyclic amines) is 1. The van der Waals surface area contributed by atoms with E-state index in [-0.39, 0.29) is 17.9 Å². The molecule has 1 heterocycles. The average molecular weight is 339 g/mol. The molecule has 6 nitrogen and oxygen atoms in total. The van der Waals surface area contributed by atoms with Crippen molar-refractivity contribution in [2.75, 3.05) is 26.2 Å². The van der Waals surface area contributed by atoms with Crippen molar-refractivity contribution in [3.63, 3.8) is 0 Å². The van der Waals surface area contributed by atoms with Crippen LogP contribution in [-0.4, -0.2) is 71.1 Å². The van der Waals surface area contributed by atoms with E-state index < -0.39 is 6.10 Å². The molecule has 2 aliphatic rings. The van der Waals surface area contributed by atoms with Crippen molar-refractivity contribution in [2.45, 2.75) is 77.0 Å². The number of hydrogen-bond donors (Lipinski definition) is 2. The van der Waals surface area contributed by atoms with Crippen LogP contribution in [0.15, 0.2) is 0 Å². The molecule has 1 atom stereocenters. The normalized spacial score (nSPS) is 21.8. The van der Waals surface area contributed by atoms with Crippen LogP contribution < -0.4 is 5.32 Å². The third-order valence-electron chi connectivity index (χ3n) is 5.24. The predicted molar refractivity (Wildman–Crippen MR) is 93.5 cm³/mol. The van der Waals surface area contributed by atoms with E-state index in [4.69, 9.17) is 0 Å². The lowest BCUT2D eigenvalue weighted by molar-refractivity contribution is -0.130. The van der Waals surface area contributed by atoms with Gasteiger partial charge in [0.05, 0.1) is 12.6 Å². The number of piperidine rings is 1. The van der Waals surface area contributed by atoms with Crippen molar-refractivity contribution < 1.29 is 14.7 Å². The van der Waals surface area contributed by atoms with Crippen LogP contribution in [0.2, 0.25) is 0 Å². The first kappa shape index (κ1) is 19.2. The zero-order valence-corrected chi connectivity index (χ0v) is 15.2. The van der Waals surface area contributed by atoms with Gasteiger partial charge in [0.1, 0.15) is 0 Å². The van der Waals surface area contributed by atoms with E-state index in [1.807, 2.05) is 4.90 Å². The highest BCUT2D eigenvalue weighted by Crippen LogP contribution is 2.22. The number of aliphatic hydroxyl groups excluding tert-OH is 1. The highest BCUT2D eigenvalue weighted by molar-refractivity contribution is 5.78. The molecule has 1 aliphatic heterocycles. The molecule has 0 unspecified atom stereocenters. The lowest BCUT2D eigenvalue weighted by Crippen LogP contribution is -2.51. The molecule has 1 aliphatic carbocycles. The van der Waals surface area contributed by atoms with Gasteiger partial charge < -0.3 is 15.3 Å². The van der Waals surface area contributed by atoms with Gasteiger partial charge in [0.25, 0.3) is 0 Å². The van der Waals surface area contributed by atoms with E-state index in [0.29, 0.717) is 19.1 Å². The Bertz CT molecular complexity index is 414. The minimum absolute atomic E-state index is 0.0440. The molecule has 0 aromatic carbocycles. The maximum Gasteiger partial charge on any atom is 0.234 e. The van der Waals surface area contributed by atoms with Crippen LogP contribution in [0.25, 0.3) is 0 Å². The SMILES string of the molecule is CC(=O)N1CCC(NC(=O)CN(C[C@H](C)O)C2CCCCC2)CC1. The molecule has 0 radical (unpaired) electrons. The van der Waals surface area contributed by atoms with Crippen molar-refractivity contribution in [1.82, 2.24) is 15.1 Å². The maximum absolute atomic E-state index is 12.4. The summed E-state index contributed by atoms with van der Waals surface area (Å²) in [6, 6.07) is 0.575. The second-order valence-electron chi connectivity index (χ2n) is 7.42. The van der Waals surface area contributed by atoms with Gasteiger partial charge >= 0.3 is 0 Å². The van der Waals surface area contributed by atoms with Gasteiger partial charge in [-0.15, -0.1) is 0 Å². The molecule has 2 N–H and O–H groups in total. The Morgan fingerprint density at radius 3 is 2.33 bits per heavy atom. The quantitative estimate of drug-likeness (QED) is 0.761. The minimum Gasteiger partial charge on any atom is -0.392 e. The predicted octanol–water partition coefficient (Wildman–Crippen LogP) is 1.13. The van der Waals surface area contributed by atoms with Gasteiger partial charge in [-0.3, -0.25) is 14.5 Å².